The zero-order chi connectivity index (χ0) is 19.8. The topological polar surface area (TPSA) is 78.7 Å². The van der Waals surface area contributed by atoms with Gasteiger partial charge in [-0.2, -0.15) is 5.26 Å². The molecule has 3 rings (SSSR count). The Bertz CT molecular complexity index is 952. The highest BCUT2D eigenvalue weighted by Gasteiger charge is 2.16. The number of carbonyl (C=O) groups is 1. The fraction of sp³-hybridized carbons (Fsp3) is 0.200. The number of rotatable bonds is 8. The molecule has 0 radical (unpaired) electrons. The quantitative estimate of drug-likeness (QED) is 0.405. The number of aromatic nitrogens is 2. The van der Waals surface area contributed by atoms with Gasteiger partial charge in [-0.15, -0.1) is 22.0 Å². The molecule has 28 heavy (non-hydrogen) atoms. The van der Waals surface area contributed by atoms with E-state index in [-0.39, 0.29) is 11.2 Å². The van der Waals surface area contributed by atoms with Gasteiger partial charge in [0.1, 0.15) is 0 Å². The smallest absolute Gasteiger partial charge is 0.239 e. The summed E-state index contributed by atoms with van der Waals surface area (Å²) >= 11 is 4.51. The Labute approximate surface area is 176 Å². The number of hydrogen-bond acceptors (Lipinski definition) is 7. The molecular weight excluding hydrogens is 408 g/mol. The lowest BCUT2D eigenvalue weighted by atomic mass is 10.2. The molecule has 8 heteroatoms. The number of benzene rings is 2. The molecule has 0 aliphatic heterocycles. The van der Waals surface area contributed by atoms with Crippen molar-refractivity contribution in [3.63, 3.8) is 0 Å². The minimum atomic E-state index is -0.182. The molecule has 0 bridgehead atoms. The highest BCUT2D eigenvalue weighted by atomic mass is 32.2. The number of thioether (sulfide) groups is 2. The second-order valence-corrected chi connectivity index (χ2v) is 9.43. The van der Waals surface area contributed by atoms with Crippen LogP contribution in [0.5, 0.6) is 0 Å². The molecule has 0 spiro atoms. The van der Waals surface area contributed by atoms with Crippen LogP contribution in [-0.2, 0) is 16.3 Å². The highest BCUT2D eigenvalue weighted by Crippen LogP contribution is 2.29. The molecule has 2 aromatic carbocycles. The standard InChI is InChI=1S/C20H18N4OS3/c1-14(26-12-16-5-3-2-4-6-16)18(25)22-19-23-24-20(28-19)27-13-17-9-7-15(11-21)8-10-17/h2-10,14H,12-13H2,1H3,(H,22,23,25). The molecule has 0 aliphatic carbocycles. The van der Waals surface area contributed by atoms with Gasteiger partial charge in [0.15, 0.2) is 4.34 Å². The zero-order valence-corrected chi connectivity index (χ0v) is 17.6. The molecule has 1 amide bonds. The SMILES string of the molecule is CC(SCc1ccccc1)C(=O)Nc1nnc(SCc2ccc(C#N)cc2)s1. The van der Waals surface area contributed by atoms with Gasteiger partial charge in [-0.05, 0) is 30.2 Å². The van der Waals surface area contributed by atoms with Crippen molar-refractivity contribution in [3.8, 4) is 6.07 Å². The summed E-state index contributed by atoms with van der Waals surface area (Å²) in [5, 5.41) is 20.2. The van der Waals surface area contributed by atoms with Crippen LogP contribution in [0.4, 0.5) is 5.13 Å². The average Bonchev–Trinajstić information content (AvgIpc) is 3.18. The van der Waals surface area contributed by atoms with Crippen molar-refractivity contribution in [2.75, 3.05) is 5.32 Å². The summed E-state index contributed by atoms with van der Waals surface area (Å²) in [4.78, 5) is 12.4. The Balaban J connectivity index is 1.46. The minimum Gasteiger partial charge on any atom is -0.300 e. The molecular formula is C20H18N4OS3. The zero-order valence-electron chi connectivity index (χ0n) is 15.2. The molecule has 0 saturated heterocycles. The molecule has 5 nitrogen and oxygen atoms in total. The second kappa shape index (κ2) is 10.3. The monoisotopic (exact) mass is 426 g/mol. The van der Waals surface area contributed by atoms with Gasteiger partial charge >= 0.3 is 0 Å². The molecule has 0 fully saturated rings. The molecule has 142 valence electrons. The van der Waals surface area contributed by atoms with Crippen molar-refractivity contribution in [1.29, 1.82) is 5.26 Å². The third-order valence-electron chi connectivity index (χ3n) is 3.79. The lowest BCUT2D eigenvalue weighted by Gasteiger charge is -2.10. The highest BCUT2D eigenvalue weighted by molar-refractivity contribution is 8.00. The minimum absolute atomic E-state index is 0.0688. The van der Waals surface area contributed by atoms with Crippen LogP contribution in [0.2, 0.25) is 0 Å². The summed E-state index contributed by atoms with van der Waals surface area (Å²) in [5.74, 6) is 1.45. The predicted molar refractivity (Wildman–Crippen MR) is 116 cm³/mol. The van der Waals surface area contributed by atoms with E-state index >= 15 is 0 Å². The van der Waals surface area contributed by atoms with E-state index in [1.54, 1.807) is 35.7 Å². The van der Waals surface area contributed by atoms with E-state index in [0.29, 0.717) is 10.7 Å². The molecule has 3 aromatic rings. The van der Waals surface area contributed by atoms with Crippen molar-refractivity contribution in [1.82, 2.24) is 10.2 Å². The summed E-state index contributed by atoms with van der Waals surface area (Å²) in [6.45, 7) is 1.89. The van der Waals surface area contributed by atoms with Gasteiger partial charge in [0, 0.05) is 11.5 Å². The van der Waals surface area contributed by atoms with Crippen LogP contribution in [0.3, 0.4) is 0 Å². The molecule has 1 N–H and O–H groups in total. The number of nitrogens with one attached hydrogen (secondary N) is 1. The van der Waals surface area contributed by atoms with Gasteiger partial charge in [-0.1, -0.05) is 65.6 Å². The summed E-state index contributed by atoms with van der Waals surface area (Å²) in [5.41, 5.74) is 2.95. The molecule has 1 heterocycles. The van der Waals surface area contributed by atoms with E-state index < -0.39 is 0 Å². The summed E-state index contributed by atoms with van der Waals surface area (Å²) < 4.78 is 0.796. The van der Waals surface area contributed by atoms with Crippen molar-refractivity contribution >= 4 is 45.9 Å². The molecule has 0 saturated carbocycles. The van der Waals surface area contributed by atoms with Gasteiger partial charge in [-0.3, -0.25) is 10.1 Å². The van der Waals surface area contributed by atoms with E-state index in [2.05, 4.69) is 33.7 Å². The Morgan fingerprint density at radius 2 is 1.82 bits per heavy atom. The van der Waals surface area contributed by atoms with Gasteiger partial charge in [0.25, 0.3) is 0 Å². The van der Waals surface area contributed by atoms with E-state index in [1.807, 2.05) is 37.3 Å². The maximum absolute atomic E-state index is 12.4. The van der Waals surface area contributed by atoms with Crippen LogP contribution < -0.4 is 5.32 Å². The molecule has 0 aliphatic rings. The second-order valence-electron chi connectivity index (χ2n) is 5.90. The van der Waals surface area contributed by atoms with Crippen LogP contribution in [0.25, 0.3) is 0 Å². The fourth-order valence-electron chi connectivity index (χ4n) is 2.22. The summed E-state index contributed by atoms with van der Waals surface area (Å²) in [6.07, 6.45) is 0. The first-order valence-electron chi connectivity index (χ1n) is 8.56. The normalized spacial score (nSPS) is 11.6. The van der Waals surface area contributed by atoms with Gasteiger partial charge in [-0.25, -0.2) is 0 Å². The van der Waals surface area contributed by atoms with Crippen molar-refractivity contribution in [3.05, 3.63) is 71.3 Å². The number of carbonyl (C=O) groups excluding carboxylic acids is 1. The Morgan fingerprint density at radius 3 is 2.54 bits per heavy atom. The van der Waals surface area contributed by atoms with E-state index in [9.17, 15) is 4.79 Å². The number of nitrogens with zero attached hydrogens (tertiary/aromatic N) is 3. The van der Waals surface area contributed by atoms with Crippen LogP contribution >= 0.6 is 34.9 Å². The largest absolute Gasteiger partial charge is 0.300 e. The molecule has 1 atom stereocenters. The lowest BCUT2D eigenvalue weighted by molar-refractivity contribution is -0.115. The van der Waals surface area contributed by atoms with Gasteiger partial charge < -0.3 is 0 Å². The third kappa shape index (κ3) is 6.09. The number of amides is 1. The number of nitriles is 1. The summed E-state index contributed by atoms with van der Waals surface area (Å²) in [7, 11) is 0. The Kier molecular flexibility index (Phi) is 7.48. The maximum atomic E-state index is 12.4. The van der Waals surface area contributed by atoms with Crippen LogP contribution in [0.15, 0.2) is 58.9 Å². The lowest BCUT2D eigenvalue weighted by Crippen LogP contribution is -2.22. The average molecular weight is 427 g/mol. The van der Waals surface area contributed by atoms with E-state index in [0.717, 1.165) is 21.4 Å². The first kappa shape index (κ1) is 20.4. The number of hydrogen-bond donors (Lipinski definition) is 1. The first-order valence-corrected chi connectivity index (χ1v) is 11.4. The number of anilines is 1. The van der Waals surface area contributed by atoms with E-state index in [4.69, 9.17) is 5.26 Å². The summed E-state index contributed by atoms with van der Waals surface area (Å²) in [6, 6.07) is 19.7. The van der Waals surface area contributed by atoms with Crippen LogP contribution in [0, 0.1) is 11.3 Å². The van der Waals surface area contributed by atoms with Crippen molar-refractivity contribution in [2.24, 2.45) is 0 Å². The third-order valence-corrected chi connectivity index (χ3v) is 7.05. The van der Waals surface area contributed by atoms with Gasteiger partial charge in [0.2, 0.25) is 11.0 Å². The Hall–Kier alpha value is -2.34. The van der Waals surface area contributed by atoms with Crippen molar-refractivity contribution in [2.45, 2.75) is 28.0 Å². The first-order chi connectivity index (χ1) is 13.6. The molecule has 1 unspecified atom stereocenters. The van der Waals surface area contributed by atoms with Crippen LogP contribution in [-0.4, -0.2) is 21.4 Å². The maximum Gasteiger partial charge on any atom is 0.239 e. The van der Waals surface area contributed by atoms with Gasteiger partial charge in [0.05, 0.1) is 16.9 Å². The van der Waals surface area contributed by atoms with Crippen LogP contribution in [0.1, 0.15) is 23.6 Å². The fourth-order valence-corrected chi connectivity index (χ4v) is 4.77. The molecule has 1 aromatic heterocycles. The Morgan fingerprint density at radius 1 is 1.11 bits per heavy atom. The van der Waals surface area contributed by atoms with Crippen molar-refractivity contribution < 1.29 is 4.79 Å². The predicted octanol–water partition coefficient (Wildman–Crippen LogP) is 4.96. The van der Waals surface area contributed by atoms with E-state index in [1.165, 1.54) is 16.9 Å².